The summed E-state index contributed by atoms with van der Waals surface area (Å²) in [6.07, 6.45) is 0. The van der Waals surface area contributed by atoms with Crippen LogP contribution in [0.5, 0.6) is 0 Å². The van der Waals surface area contributed by atoms with E-state index in [-0.39, 0.29) is 13.1 Å². The summed E-state index contributed by atoms with van der Waals surface area (Å²) in [5.41, 5.74) is -4.29. The Balaban J connectivity index is 1.83. The van der Waals surface area contributed by atoms with Crippen molar-refractivity contribution in [3.63, 3.8) is 0 Å². The summed E-state index contributed by atoms with van der Waals surface area (Å²) < 4.78 is 21.4. The Morgan fingerprint density at radius 2 is 1.05 bits per heavy atom. The quantitative estimate of drug-likeness (QED) is 0.132. The van der Waals surface area contributed by atoms with E-state index in [1.807, 2.05) is 0 Å². The van der Waals surface area contributed by atoms with Crippen LogP contribution < -0.4 is 10.6 Å². The molecule has 2 N–H and O–H groups in total. The number of hydrogen-bond donors (Lipinski definition) is 2. The van der Waals surface area contributed by atoms with Gasteiger partial charge in [-0.2, -0.15) is 0 Å². The smallest absolute Gasteiger partial charge is 0.349 e. The van der Waals surface area contributed by atoms with Crippen LogP contribution in [0, 0.1) is 40.5 Å². The highest BCUT2D eigenvalue weighted by atomic mass is 35.5. The summed E-state index contributed by atoms with van der Waals surface area (Å²) in [4.78, 5) is 64.7. The van der Waals surface area contributed by atoms with Crippen LogP contribution in [0.3, 0.4) is 0 Å². The van der Waals surface area contributed by atoms with Crippen LogP contribution in [0.25, 0.3) is 0 Å². The highest BCUT2D eigenvalue weighted by Gasteiger charge is 2.28. The van der Waals surface area contributed by atoms with Crippen molar-refractivity contribution in [1.82, 2.24) is 10.6 Å². The van der Waals surface area contributed by atoms with Gasteiger partial charge in [-0.3, -0.25) is 50.0 Å². The van der Waals surface area contributed by atoms with E-state index in [4.69, 9.17) is 32.2 Å². The second-order valence-corrected chi connectivity index (χ2v) is 8.80. The Hall–Kier alpha value is -4.42. The monoisotopic (exact) mass is 623 g/mol. The van der Waals surface area contributed by atoms with Gasteiger partial charge in [0.1, 0.15) is 23.3 Å². The van der Waals surface area contributed by atoms with E-state index in [0.29, 0.717) is 12.1 Å². The maximum Gasteiger partial charge on any atom is 0.697 e. The molecule has 0 heterocycles. The maximum absolute atomic E-state index is 12.3. The molecule has 0 aliphatic carbocycles. The second-order valence-electron chi connectivity index (χ2n) is 7.08. The van der Waals surface area contributed by atoms with Crippen molar-refractivity contribution in [3.8, 4) is 0 Å². The van der Waals surface area contributed by atoms with Gasteiger partial charge in [-0.15, -0.1) is 9.05 Å². The largest absolute Gasteiger partial charge is 0.697 e. The first-order valence-corrected chi connectivity index (χ1v) is 12.1. The first-order chi connectivity index (χ1) is 18.7. The highest BCUT2D eigenvalue weighted by molar-refractivity contribution is 7.33. The second kappa shape index (κ2) is 14.1. The molecular formula is C18H14Cl2N6O13P+. The van der Waals surface area contributed by atoms with E-state index in [1.165, 1.54) is 0 Å². The third kappa shape index (κ3) is 8.29. The Bertz CT molecular complexity index is 1320. The van der Waals surface area contributed by atoms with Crippen LogP contribution in [0.1, 0.15) is 20.7 Å². The van der Waals surface area contributed by atoms with E-state index < -0.39 is 96.9 Å². The van der Waals surface area contributed by atoms with E-state index in [9.17, 15) is 54.6 Å². The van der Waals surface area contributed by atoms with E-state index in [0.717, 1.165) is 12.1 Å². The number of amides is 2. The average molecular weight is 624 g/mol. The van der Waals surface area contributed by atoms with Crippen LogP contribution in [0.15, 0.2) is 24.3 Å². The van der Waals surface area contributed by atoms with Crippen molar-refractivity contribution in [2.75, 3.05) is 26.3 Å². The number of benzene rings is 2. The van der Waals surface area contributed by atoms with Gasteiger partial charge in [-0.05, 0) is 0 Å². The minimum absolute atomic E-state index is 0.323. The number of nitro benzene ring substituents is 4. The van der Waals surface area contributed by atoms with Crippen LogP contribution in [-0.2, 0) is 13.6 Å². The molecule has 0 saturated heterocycles. The van der Waals surface area contributed by atoms with Gasteiger partial charge in [0, 0.05) is 29.8 Å². The zero-order valence-electron chi connectivity index (χ0n) is 19.4. The molecule has 0 saturated carbocycles. The summed E-state index contributed by atoms with van der Waals surface area (Å²) in [5, 5.41) is 47.2. The molecule has 40 heavy (non-hydrogen) atoms. The highest BCUT2D eigenvalue weighted by Crippen LogP contribution is 2.34. The fraction of sp³-hybridized carbons (Fsp3) is 0.222. The van der Waals surface area contributed by atoms with Gasteiger partial charge in [0.05, 0.1) is 43.0 Å². The Morgan fingerprint density at radius 3 is 1.35 bits per heavy atom. The molecule has 2 amide bonds. The number of nitro groups is 4. The lowest BCUT2D eigenvalue weighted by Crippen LogP contribution is -2.28. The van der Waals surface area contributed by atoms with Crippen LogP contribution >= 0.6 is 31.5 Å². The molecule has 19 nitrogen and oxygen atoms in total. The molecular weight excluding hydrogens is 610 g/mol. The van der Waals surface area contributed by atoms with Gasteiger partial charge in [0.2, 0.25) is 0 Å². The van der Waals surface area contributed by atoms with Gasteiger partial charge < -0.3 is 10.6 Å². The molecule has 0 aliphatic heterocycles. The maximum atomic E-state index is 12.3. The molecule has 0 aliphatic rings. The number of nitrogens with one attached hydrogen (secondary N) is 2. The lowest BCUT2D eigenvalue weighted by atomic mass is 10.1. The van der Waals surface area contributed by atoms with Crippen LogP contribution in [0.4, 0.5) is 22.7 Å². The molecule has 22 heteroatoms. The molecule has 0 radical (unpaired) electrons. The summed E-state index contributed by atoms with van der Waals surface area (Å²) in [6.45, 7) is -1.46. The minimum Gasteiger partial charge on any atom is -0.349 e. The van der Waals surface area contributed by atoms with E-state index >= 15 is 0 Å². The predicted molar refractivity (Wildman–Crippen MR) is 134 cm³/mol. The molecule has 212 valence electrons. The van der Waals surface area contributed by atoms with Crippen molar-refractivity contribution in [2.45, 2.75) is 0 Å². The fourth-order valence-electron chi connectivity index (χ4n) is 2.79. The van der Waals surface area contributed by atoms with Gasteiger partial charge in [0.15, 0.2) is 0 Å². The fourth-order valence-corrected chi connectivity index (χ4v) is 3.88. The van der Waals surface area contributed by atoms with Gasteiger partial charge in [-0.1, -0.05) is 23.2 Å². The molecule has 0 spiro atoms. The molecule has 0 atom stereocenters. The number of carbonyl (C=O) groups is 2. The molecule has 0 bridgehead atoms. The molecule has 2 rings (SSSR count). The molecule has 2 aromatic carbocycles. The number of halogens is 2. The Labute approximate surface area is 231 Å². The van der Waals surface area contributed by atoms with E-state index in [1.54, 1.807) is 0 Å². The number of nitrogens with zero attached hydrogens (tertiary/aromatic N) is 4. The number of hydrogen-bond acceptors (Lipinski definition) is 13. The predicted octanol–water partition coefficient (Wildman–Crippen LogP) is 3.48. The Kier molecular flexibility index (Phi) is 11.2. The Morgan fingerprint density at radius 1 is 0.700 bits per heavy atom. The van der Waals surface area contributed by atoms with Gasteiger partial charge >= 0.3 is 8.25 Å². The average Bonchev–Trinajstić information content (AvgIpc) is 2.88. The molecule has 2 aromatic rings. The molecule has 0 fully saturated rings. The topological polar surface area (TPSA) is 266 Å². The number of non-ortho nitro benzene ring substituents is 2. The van der Waals surface area contributed by atoms with E-state index in [2.05, 4.69) is 10.6 Å². The van der Waals surface area contributed by atoms with Crippen molar-refractivity contribution >= 4 is 66.0 Å². The first kappa shape index (κ1) is 31.8. The lowest BCUT2D eigenvalue weighted by Gasteiger charge is -2.06. The summed E-state index contributed by atoms with van der Waals surface area (Å²) >= 11 is 11.6. The third-order valence-corrected chi connectivity index (χ3v) is 6.13. The van der Waals surface area contributed by atoms with Crippen molar-refractivity contribution in [3.05, 3.63) is 85.9 Å². The third-order valence-electron chi connectivity index (χ3n) is 4.55. The standard InChI is InChI=1S/C18H13Cl2N6O13P/c19-15-11(5-9(23(29)30)7-13(15)25(33)34)17(27)21-1-3-38-40(37)39-4-2-22-18(28)12-6-10(24(31)32)8-14(16(12)20)26(35)36/h5-8H,1-4H2,(H-,21,22,27,28)/p+1. The molecule has 0 aromatic heterocycles. The summed E-state index contributed by atoms with van der Waals surface area (Å²) in [7, 11) is -2.78. The zero-order valence-corrected chi connectivity index (χ0v) is 21.8. The van der Waals surface area contributed by atoms with Gasteiger partial charge in [-0.25, -0.2) is 0 Å². The normalized spacial score (nSPS) is 10.4. The molecule has 0 unspecified atom stereocenters. The van der Waals surface area contributed by atoms with Crippen LogP contribution in [0.2, 0.25) is 10.0 Å². The minimum atomic E-state index is -2.78. The zero-order chi connectivity index (χ0) is 30.1. The lowest BCUT2D eigenvalue weighted by molar-refractivity contribution is -0.394. The summed E-state index contributed by atoms with van der Waals surface area (Å²) in [6, 6.07) is 2.66. The SMILES string of the molecule is O=C(NCCO[P+](=O)OCCNC(=O)c1cc([N+](=O)[O-])cc([N+](=O)[O-])c1Cl)c1cc([N+](=O)[O-])cc([N+](=O)[O-])c1Cl. The first-order valence-electron chi connectivity index (χ1n) is 10.3. The van der Waals surface area contributed by atoms with Crippen molar-refractivity contribution < 1.29 is 42.9 Å². The van der Waals surface area contributed by atoms with Crippen molar-refractivity contribution in [1.29, 1.82) is 0 Å². The number of rotatable bonds is 14. The van der Waals surface area contributed by atoms with Crippen molar-refractivity contribution in [2.24, 2.45) is 0 Å². The number of carbonyl (C=O) groups excluding carboxylic acids is 2. The van der Waals surface area contributed by atoms with Crippen LogP contribution in [-0.4, -0.2) is 57.8 Å². The van der Waals surface area contributed by atoms with Gasteiger partial charge in [0.25, 0.3) is 34.6 Å². The summed E-state index contributed by atoms with van der Waals surface area (Å²) in [5.74, 6) is -2.03.